The Balaban J connectivity index is 1.90. The fraction of sp³-hybridized carbons (Fsp3) is 0.278. The third-order valence-corrected chi connectivity index (χ3v) is 5.83. The lowest BCUT2D eigenvalue weighted by Crippen LogP contribution is -2.28. The van der Waals surface area contributed by atoms with Gasteiger partial charge in [-0.05, 0) is 43.5 Å². The fourth-order valence-electron chi connectivity index (χ4n) is 2.99. The van der Waals surface area contributed by atoms with Crippen molar-refractivity contribution in [1.82, 2.24) is 4.90 Å². The Morgan fingerprint density at radius 3 is 2.52 bits per heavy atom. The first-order valence-corrected chi connectivity index (χ1v) is 9.93. The van der Waals surface area contributed by atoms with E-state index in [1.807, 2.05) is 0 Å². The van der Waals surface area contributed by atoms with E-state index in [1.165, 1.54) is 30.3 Å². The van der Waals surface area contributed by atoms with Crippen molar-refractivity contribution in [1.29, 1.82) is 0 Å². The number of benzene rings is 2. The Bertz CT molecular complexity index is 998. The number of hydrogen-bond acceptors (Lipinski definition) is 5. The number of nitrogens with zero attached hydrogens (tertiary/aromatic N) is 2. The maximum absolute atomic E-state index is 12.7. The van der Waals surface area contributed by atoms with E-state index in [1.54, 1.807) is 17.9 Å². The molecule has 0 spiro atoms. The molecule has 27 heavy (non-hydrogen) atoms. The molecule has 2 aromatic carbocycles. The maximum Gasteiger partial charge on any atom is 0.271 e. The van der Waals surface area contributed by atoms with Gasteiger partial charge in [-0.25, -0.2) is 8.42 Å². The molecule has 3 rings (SSSR count). The molecule has 0 unspecified atom stereocenters. The van der Waals surface area contributed by atoms with E-state index in [-0.39, 0.29) is 22.2 Å². The third-order valence-electron chi connectivity index (χ3n) is 4.45. The smallest absolute Gasteiger partial charge is 0.271 e. The van der Waals surface area contributed by atoms with Crippen molar-refractivity contribution in [2.24, 2.45) is 0 Å². The van der Waals surface area contributed by atoms with Gasteiger partial charge in [-0.2, -0.15) is 0 Å². The number of amides is 1. The van der Waals surface area contributed by atoms with Gasteiger partial charge in [0.1, 0.15) is 0 Å². The van der Waals surface area contributed by atoms with Crippen molar-refractivity contribution < 1.29 is 18.1 Å². The lowest BCUT2D eigenvalue weighted by molar-refractivity contribution is -0.384. The van der Waals surface area contributed by atoms with Gasteiger partial charge in [-0.3, -0.25) is 19.6 Å². The summed E-state index contributed by atoms with van der Waals surface area (Å²) in [7, 11) is -4.00. The van der Waals surface area contributed by atoms with Crippen LogP contribution in [0.25, 0.3) is 0 Å². The Kier molecular flexibility index (Phi) is 5.13. The summed E-state index contributed by atoms with van der Waals surface area (Å²) < 4.78 is 27.7. The third kappa shape index (κ3) is 4.08. The van der Waals surface area contributed by atoms with Crippen LogP contribution >= 0.6 is 0 Å². The molecule has 0 atom stereocenters. The first-order chi connectivity index (χ1) is 12.8. The van der Waals surface area contributed by atoms with Crippen LogP contribution in [0.5, 0.6) is 0 Å². The van der Waals surface area contributed by atoms with Crippen LogP contribution in [0.3, 0.4) is 0 Å². The maximum atomic E-state index is 12.7. The molecule has 0 saturated carbocycles. The normalized spacial score (nSPS) is 14.2. The summed E-state index contributed by atoms with van der Waals surface area (Å²) in [4.78, 5) is 24.6. The van der Waals surface area contributed by atoms with E-state index in [4.69, 9.17) is 0 Å². The number of nitro groups is 1. The Hall–Kier alpha value is -2.94. The molecule has 1 amide bonds. The minimum Gasteiger partial charge on any atom is -0.339 e. The van der Waals surface area contributed by atoms with E-state index in [0.29, 0.717) is 24.2 Å². The molecule has 0 radical (unpaired) electrons. The number of nitrogens with one attached hydrogen (secondary N) is 1. The molecular weight excluding hydrogens is 370 g/mol. The van der Waals surface area contributed by atoms with E-state index < -0.39 is 14.9 Å². The molecule has 0 aromatic heterocycles. The zero-order valence-corrected chi connectivity index (χ0v) is 15.5. The van der Waals surface area contributed by atoms with Crippen molar-refractivity contribution in [2.75, 3.05) is 17.8 Å². The predicted molar refractivity (Wildman–Crippen MR) is 100 cm³/mol. The van der Waals surface area contributed by atoms with Gasteiger partial charge < -0.3 is 4.90 Å². The molecule has 1 aliphatic heterocycles. The van der Waals surface area contributed by atoms with Gasteiger partial charge in [0, 0.05) is 30.8 Å². The number of likely N-dealkylation sites (tertiary alicyclic amines) is 1. The number of anilines is 1. The zero-order chi connectivity index (χ0) is 19.6. The second-order valence-electron chi connectivity index (χ2n) is 6.39. The molecule has 1 heterocycles. The van der Waals surface area contributed by atoms with Crippen molar-refractivity contribution in [2.45, 2.75) is 24.7 Å². The SMILES string of the molecule is Cc1ccc(S(=O)(=O)Nc2cccc([N+](=O)[O-])c2)cc1C(=O)N1CCCC1. The van der Waals surface area contributed by atoms with Crippen LogP contribution in [0.2, 0.25) is 0 Å². The van der Waals surface area contributed by atoms with Crippen LogP contribution in [0.1, 0.15) is 28.8 Å². The van der Waals surface area contributed by atoms with Gasteiger partial charge in [0.25, 0.3) is 21.6 Å². The molecule has 9 heteroatoms. The van der Waals surface area contributed by atoms with Crippen molar-refractivity contribution in [3.8, 4) is 0 Å². The van der Waals surface area contributed by atoms with Crippen LogP contribution in [0, 0.1) is 17.0 Å². The zero-order valence-electron chi connectivity index (χ0n) is 14.7. The Morgan fingerprint density at radius 2 is 1.85 bits per heavy atom. The summed E-state index contributed by atoms with van der Waals surface area (Å²) in [5.74, 6) is -0.183. The van der Waals surface area contributed by atoms with Crippen LogP contribution in [0.15, 0.2) is 47.4 Å². The number of nitro benzene ring substituents is 1. The summed E-state index contributed by atoms with van der Waals surface area (Å²) in [6, 6.07) is 9.60. The van der Waals surface area contributed by atoms with E-state index >= 15 is 0 Å². The number of non-ortho nitro benzene ring substituents is 1. The van der Waals surface area contributed by atoms with Crippen molar-refractivity contribution >= 4 is 27.3 Å². The average molecular weight is 389 g/mol. The molecule has 0 bridgehead atoms. The summed E-state index contributed by atoms with van der Waals surface area (Å²) in [6.07, 6.45) is 1.88. The molecule has 142 valence electrons. The second-order valence-corrected chi connectivity index (χ2v) is 8.07. The number of sulfonamides is 1. The summed E-state index contributed by atoms with van der Waals surface area (Å²) in [6.45, 7) is 3.09. The molecule has 1 N–H and O–H groups in total. The van der Waals surface area contributed by atoms with Crippen LogP contribution in [0.4, 0.5) is 11.4 Å². The first kappa shape index (κ1) is 18.8. The lowest BCUT2D eigenvalue weighted by Gasteiger charge is -2.17. The quantitative estimate of drug-likeness (QED) is 0.624. The molecule has 8 nitrogen and oxygen atoms in total. The lowest BCUT2D eigenvalue weighted by atomic mass is 10.1. The van der Waals surface area contributed by atoms with Crippen LogP contribution in [-0.4, -0.2) is 37.2 Å². The van der Waals surface area contributed by atoms with Gasteiger partial charge in [0.2, 0.25) is 0 Å². The molecule has 0 aliphatic carbocycles. The first-order valence-electron chi connectivity index (χ1n) is 8.45. The van der Waals surface area contributed by atoms with Gasteiger partial charge in [0.05, 0.1) is 15.5 Å². The molecule has 1 aliphatic rings. The van der Waals surface area contributed by atoms with E-state index in [0.717, 1.165) is 18.9 Å². The number of aryl methyl sites for hydroxylation is 1. The van der Waals surface area contributed by atoms with Gasteiger partial charge >= 0.3 is 0 Å². The van der Waals surface area contributed by atoms with Gasteiger partial charge in [-0.1, -0.05) is 12.1 Å². The summed E-state index contributed by atoms with van der Waals surface area (Å²) in [5.41, 5.74) is 0.904. The highest BCUT2D eigenvalue weighted by Crippen LogP contribution is 2.23. The molecule has 1 saturated heterocycles. The van der Waals surface area contributed by atoms with Crippen molar-refractivity contribution in [3.05, 3.63) is 63.7 Å². The Morgan fingerprint density at radius 1 is 1.15 bits per heavy atom. The largest absolute Gasteiger partial charge is 0.339 e. The van der Waals surface area contributed by atoms with Crippen molar-refractivity contribution in [3.63, 3.8) is 0 Å². The Labute approximate surface area is 157 Å². The minimum absolute atomic E-state index is 0.0675. The fourth-order valence-corrected chi connectivity index (χ4v) is 4.06. The van der Waals surface area contributed by atoms with Gasteiger partial charge in [0.15, 0.2) is 0 Å². The second kappa shape index (κ2) is 7.36. The minimum atomic E-state index is -4.00. The summed E-state index contributed by atoms with van der Waals surface area (Å²) in [5, 5.41) is 10.9. The molecular formula is C18H19N3O5S. The monoisotopic (exact) mass is 389 g/mol. The van der Waals surface area contributed by atoms with Crippen LogP contribution in [-0.2, 0) is 10.0 Å². The molecule has 2 aromatic rings. The number of carbonyl (C=O) groups is 1. The number of hydrogen-bond donors (Lipinski definition) is 1. The number of carbonyl (C=O) groups excluding carboxylic acids is 1. The van der Waals surface area contributed by atoms with E-state index in [9.17, 15) is 23.3 Å². The number of rotatable bonds is 5. The van der Waals surface area contributed by atoms with Crippen LogP contribution < -0.4 is 4.72 Å². The van der Waals surface area contributed by atoms with Gasteiger partial charge in [-0.15, -0.1) is 0 Å². The standard InChI is InChI=1S/C18H19N3O5S/c1-13-7-8-16(12-17(13)18(22)20-9-2-3-10-20)27(25,26)19-14-5-4-6-15(11-14)21(23)24/h4-8,11-12,19H,2-3,9-10H2,1H3. The highest BCUT2D eigenvalue weighted by Gasteiger charge is 2.24. The van der Waals surface area contributed by atoms with E-state index in [2.05, 4.69) is 4.72 Å². The molecule has 1 fully saturated rings. The predicted octanol–water partition coefficient (Wildman–Crippen LogP) is 2.94. The topological polar surface area (TPSA) is 110 Å². The summed E-state index contributed by atoms with van der Waals surface area (Å²) >= 11 is 0. The highest BCUT2D eigenvalue weighted by molar-refractivity contribution is 7.92. The average Bonchev–Trinajstić information content (AvgIpc) is 3.16. The highest BCUT2D eigenvalue weighted by atomic mass is 32.2.